The topological polar surface area (TPSA) is 29.1 Å². The van der Waals surface area contributed by atoms with Gasteiger partial charge in [-0.05, 0) is 18.8 Å². The van der Waals surface area contributed by atoms with Gasteiger partial charge in [0.25, 0.3) is 5.91 Å². The van der Waals surface area contributed by atoms with Gasteiger partial charge in [0.15, 0.2) is 0 Å². The van der Waals surface area contributed by atoms with Crippen LogP contribution in [0.25, 0.3) is 0 Å². The Morgan fingerprint density at radius 1 is 1.36 bits per heavy atom. The zero-order valence-electron chi connectivity index (χ0n) is 7.91. The molecular weight excluding hydrogens is 214 g/mol. The molecule has 0 aromatic heterocycles. The molecule has 0 aromatic carbocycles. The van der Waals surface area contributed by atoms with Gasteiger partial charge in [-0.15, -0.1) is 0 Å². The predicted molar refractivity (Wildman–Crippen MR) is 63.0 cm³/mol. The molecule has 2 aliphatic rings. The highest BCUT2D eigenvalue weighted by Crippen LogP contribution is 2.30. The number of thiocarbonyl (C=S) groups is 1. The van der Waals surface area contributed by atoms with Crippen molar-refractivity contribution in [3.63, 3.8) is 0 Å². The monoisotopic (exact) mass is 227 g/mol. The summed E-state index contributed by atoms with van der Waals surface area (Å²) in [6, 6.07) is 0. The van der Waals surface area contributed by atoms with Gasteiger partial charge in [-0.25, -0.2) is 0 Å². The van der Waals surface area contributed by atoms with Crippen molar-refractivity contribution in [3.05, 3.63) is 11.0 Å². The van der Waals surface area contributed by atoms with Crippen molar-refractivity contribution in [1.82, 2.24) is 5.32 Å². The van der Waals surface area contributed by atoms with E-state index in [9.17, 15) is 4.79 Å². The van der Waals surface area contributed by atoms with Crippen molar-refractivity contribution in [3.8, 4) is 0 Å². The molecule has 2 nitrogen and oxygen atoms in total. The SMILES string of the molecule is O=C1NC(=S)SC1=CC1CCCCC1. The van der Waals surface area contributed by atoms with Gasteiger partial charge < -0.3 is 5.32 Å². The average molecular weight is 227 g/mol. The van der Waals surface area contributed by atoms with Crippen LogP contribution >= 0.6 is 24.0 Å². The maximum atomic E-state index is 11.4. The van der Waals surface area contributed by atoms with E-state index < -0.39 is 0 Å². The first-order valence-electron chi connectivity index (χ1n) is 5.01. The molecule has 0 spiro atoms. The Morgan fingerprint density at radius 3 is 2.64 bits per heavy atom. The highest BCUT2D eigenvalue weighted by Gasteiger charge is 2.23. The summed E-state index contributed by atoms with van der Waals surface area (Å²) in [6.07, 6.45) is 8.50. The van der Waals surface area contributed by atoms with Crippen molar-refractivity contribution in [2.75, 3.05) is 0 Å². The third-order valence-electron chi connectivity index (χ3n) is 2.68. The molecule has 1 aliphatic heterocycles. The number of carbonyl (C=O) groups is 1. The summed E-state index contributed by atoms with van der Waals surface area (Å²) < 4.78 is 0.594. The molecule has 1 saturated heterocycles. The first-order chi connectivity index (χ1) is 6.75. The number of allylic oxidation sites excluding steroid dienone is 1. The van der Waals surface area contributed by atoms with Gasteiger partial charge >= 0.3 is 0 Å². The lowest BCUT2D eigenvalue weighted by Crippen LogP contribution is -2.18. The molecular formula is C10H13NOS2. The largest absolute Gasteiger partial charge is 0.307 e. The van der Waals surface area contributed by atoms with Crippen LogP contribution in [0.4, 0.5) is 0 Å². The predicted octanol–water partition coefficient (Wildman–Crippen LogP) is 2.60. The van der Waals surface area contributed by atoms with Gasteiger partial charge in [0.05, 0.1) is 4.91 Å². The Bertz CT molecular complexity index is 292. The normalized spacial score (nSPS) is 27.0. The number of hydrogen-bond donors (Lipinski definition) is 1. The van der Waals surface area contributed by atoms with Gasteiger partial charge in [0.2, 0.25) is 0 Å². The van der Waals surface area contributed by atoms with E-state index in [-0.39, 0.29) is 5.91 Å². The van der Waals surface area contributed by atoms with E-state index in [1.807, 2.05) is 0 Å². The maximum Gasteiger partial charge on any atom is 0.263 e. The Kier molecular flexibility index (Phi) is 3.23. The van der Waals surface area contributed by atoms with Gasteiger partial charge in [-0.3, -0.25) is 4.79 Å². The van der Waals surface area contributed by atoms with Crippen LogP contribution in [0.2, 0.25) is 0 Å². The Morgan fingerprint density at radius 2 is 2.07 bits per heavy atom. The molecule has 1 amide bonds. The molecule has 0 unspecified atom stereocenters. The molecule has 14 heavy (non-hydrogen) atoms. The summed E-state index contributed by atoms with van der Waals surface area (Å²) in [7, 11) is 0. The van der Waals surface area contributed by atoms with Crippen molar-refractivity contribution >= 4 is 34.2 Å². The van der Waals surface area contributed by atoms with Crippen LogP contribution in [0.5, 0.6) is 0 Å². The first kappa shape index (κ1) is 10.2. The highest BCUT2D eigenvalue weighted by molar-refractivity contribution is 8.26. The third-order valence-corrected chi connectivity index (χ3v) is 3.86. The second-order valence-electron chi connectivity index (χ2n) is 3.77. The van der Waals surface area contributed by atoms with E-state index in [4.69, 9.17) is 12.2 Å². The summed E-state index contributed by atoms with van der Waals surface area (Å²) in [5.41, 5.74) is 0. The van der Waals surface area contributed by atoms with Crippen LogP contribution in [0.15, 0.2) is 11.0 Å². The van der Waals surface area contributed by atoms with Crippen molar-refractivity contribution in [1.29, 1.82) is 0 Å². The summed E-state index contributed by atoms with van der Waals surface area (Å²) >= 11 is 6.33. The maximum absolute atomic E-state index is 11.4. The molecule has 1 saturated carbocycles. The van der Waals surface area contributed by atoms with Gasteiger partial charge in [-0.2, -0.15) is 0 Å². The smallest absolute Gasteiger partial charge is 0.263 e. The van der Waals surface area contributed by atoms with E-state index in [0.29, 0.717) is 10.2 Å². The van der Waals surface area contributed by atoms with Crippen LogP contribution in [0, 0.1) is 5.92 Å². The van der Waals surface area contributed by atoms with Gasteiger partial charge in [0.1, 0.15) is 4.32 Å². The minimum atomic E-state index is -0.00873. The lowest BCUT2D eigenvalue weighted by atomic mass is 9.89. The highest BCUT2D eigenvalue weighted by atomic mass is 32.2. The second kappa shape index (κ2) is 4.45. The summed E-state index contributed by atoms with van der Waals surface area (Å²) in [4.78, 5) is 12.2. The fourth-order valence-electron chi connectivity index (χ4n) is 1.95. The molecule has 4 heteroatoms. The summed E-state index contributed by atoms with van der Waals surface area (Å²) in [5, 5.41) is 2.64. The zero-order chi connectivity index (χ0) is 9.97. The second-order valence-corrected chi connectivity index (χ2v) is 5.49. The number of amides is 1. The third kappa shape index (κ3) is 2.36. The molecule has 1 heterocycles. The lowest BCUT2D eigenvalue weighted by molar-refractivity contribution is -0.115. The molecule has 76 valence electrons. The fourth-order valence-corrected chi connectivity index (χ4v) is 3.06. The Labute approximate surface area is 93.5 Å². The Hall–Kier alpha value is -0.350. The van der Waals surface area contributed by atoms with Crippen molar-refractivity contribution in [2.45, 2.75) is 32.1 Å². The standard InChI is InChI=1S/C10H13NOS2/c12-9-8(14-10(13)11-9)6-7-4-2-1-3-5-7/h6-7H,1-5H2,(H,11,12,13). The van der Waals surface area contributed by atoms with Crippen LogP contribution in [0.3, 0.4) is 0 Å². The van der Waals surface area contributed by atoms with Crippen molar-refractivity contribution in [2.24, 2.45) is 5.92 Å². The van der Waals surface area contributed by atoms with E-state index in [1.54, 1.807) is 0 Å². The quantitative estimate of drug-likeness (QED) is 0.551. The average Bonchev–Trinajstić information content (AvgIpc) is 2.47. The number of rotatable bonds is 1. The van der Waals surface area contributed by atoms with E-state index in [1.165, 1.54) is 43.9 Å². The van der Waals surface area contributed by atoms with E-state index >= 15 is 0 Å². The van der Waals surface area contributed by atoms with Crippen LogP contribution in [-0.2, 0) is 4.79 Å². The van der Waals surface area contributed by atoms with E-state index in [2.05, 4.69) is 11.4 Å². The van der Waals surface area contributed by atoms with Crippen molar-refractivity contribution < 1.29 is 4.79 Å². The van der Waals surface area contributed by atoms with Crippen LogP contribution in [-0.4, -0.2) is 10.2 Å². The first-order valence-corrected chi connectivity index (χ1v) is 6.23. The molecule has 2 fully saturated rings. The van der Waals surface area contributed by atoms with E-state index in [0.717, 1.165) is 4.91 Å². The van der Waals surface area contributed by atoms with Crippen LogP contribution < -0.4 is 5.32 Å². The molecule has 2 rings (SSSR count). The van der Waals surface area contributed by atoms with Gasteiger partial charge in [0, 0.05) is 0 Å². The van der Waals surface area contributed by atoms with Gasteiger partial charge in [-0.1, -0.05) is 49.3 Å². The molecule has 0 atom stereocenters. The minimum absolute atomic E-state index is 0.00873. The summed E-state index contributed by atoms with van der Waals surface area (Å²) in [6.45, 7) is 0. The Balaban J connectivity index is 2.02. The lowest BCUT2D eigenvalue weighted by Gasteiger charge is -2.18. The minimum Gasteiger partial charge on any atom is -0.307 e. The molecule has 0 aromatic rings. The molecule has 0 bridgehead atoms. The fraction of sp³-hybridized carbons (Fsp3) is 0.600. The molecule has 0 radical (unpaired) electrons. The molecule has 1 N–H and O–H groups in total. The number of nitrogens with one attached hydrogen (secondary N) is 1. The number of hydrogen-bond acceptors (Lipinski definition) is 3. The molecule has 1 aliphatic carbocycles. The number of carbonyl (C=O) groups excluding carboxylic acids is 1. The number of thioether (sulfide) groups is 1. The summed E-state index contributed by atoms with van der Waals surface area (Å²) in [5.74, 6) is 0.587. The van der Waals surface area contributed by atoms with Crippen LogP contribution in [0.1, 0.15) is 32.1 Å². The zero-order valence-corrected chi connectivity index (χ0v) is 9.55.